The highest BCUT2D eigenvalue weighted by Gasteiger charge is 2.47. The Balaban J connectivity index is 1.33. The normalized spacial score (nSPS) is 13.5. The van der Waals surface area contributed by atoms with Crippen molar-refractivity contribution in [3.63, 3.8) is 0 Å². The Morgan fingerprint density at radius 3 is 1.79 bits per heavy atom. The summed E-state index contributed by atoms with van der Waals surface area (Å²) in [6, 6.07) is 66.1. The monoisotopic (exact) mass is 610 g/mol. The first kappa shape index (κ1) is 26.9. The Bertz CT molecular complexity index is 2460. The molecule has 2 heteroatoms. The van der Waals surface area contributed by atoms with Crippen LogP contribution < -0.4 is 4.90 Å². The van der Waals surface area contributed by atoms with Crippen molar-refractivity contribution < 1.29 is 0 Å². The number of benzene rings is 7. The van der Waals surface area contributed by atoms with Crippen LogP contribution >= 0.6 is 0 Å². The van der Waals surface area contributed by atoms with Crippen LogP contribution in [0.4, 0.5) is 17.2 Å². The van der Waals surface area contributed by atoms with Gasteiger partial charge in [-0.25, -0.2) is 4.98 Å². The van der Waals surface area contributed by atoms with Gasteiger partial charge in [0, 0.05) is 16.5 Å². The zero-order chi connectivity index (χ0) is 31.7. The van der Waals surface area contributed by atoms with Crippen molar-refractivity contribution >= 4 is 28.0 Å². The number of aromatic nitrogens is 1. The first-order valence-electron chi connectivity index (χ1n) is 16.6. The maximum absolute atomic E-state index is 5.34. The van der Waals surface area contributed by atoms with Crippen LogP contribution in [0.1, 0.15) is 22.3 Å². The fourth-order valence-electron chi connectivity index (χ4n) is 8.30. The van der Waals surface area contributed by atoms with Gasteiger partial charge in [-0.15, -0.1) is 0 Å². The van der Waals surface area contributed by atoms with E-state index in [1.54, 1.807) is 0 Å². The van der Waals surface area contributed by atoms with E-state index < -0.39 is 5.41 Å². The van der Waals surface area contributed by atoms with E-state index in [2.05, 4.69) is 187 Å². The van der Waals surface area contributed by atoms with Gasteiger partial charge in [-0.1, -0.05) is 152 Å². The summed E-state index contributed by atoms with van der Waals surface area (Å²) in [5.41, 5.74) is 14.0. The molecule has 0 saturated heterocycles. The van der Waals surface area contributed by atoms with E-state index in [1.807, 2.05) is 0 Å². The minimum Gasteiger partial charge on any atom is -0.294 e. The average Bonchev–Trinajstić information content (AvgIpc) is 3.45. The van der Waals surface area contributed by atoms with Gasteiger partial charge in [0.2, 0.25) is 0 Å². The van der Waals surface area contributed by atoms with Gasteiger partial charge in [0.1, 0.15) is 5.82 Å². The number of hydrogen-bond donors (Lipinski definition) is 0. The van der Waals surface area contributed by atoms with Crippen LogP contribution in [0.3, 0.4) is 0 Å². The van der Waals surface area contributed by atoms with E-state index in [9.17, 15) is 0 Å². The second kappa shape index (κ2) is 10.4. The van der Waals surface area contributed by atoms with Gasteiger partial charge in [-0.3, -0.25) is 4.90 Å². The van der Waals surface area contributed by atoms with E-state index in [0.717, 1.165) is 28.5 Å². The Morgan fingerprint density at radius 1 is 0.417 bits per heavy atom. The van der Waals surface area contributed by atoms with Gasteiger partial charge < -0.3 is 0 Å². The number of anilines is 3. The first-order chi connectivity index (χ1) is 23.8. The van der Waals surface area contributed by atoms with Gasteiger partial charge in [-0.2, -0.15) is 0 Å². The second-order valence-electron chi connectivity index (χ2n) is 12.7. The van der Waals surface area contributed by atoms with Gasteiger partial charge in [-0.05, 0) is 74.7 Å². The molecule has 1 aromatic heterocycles. The predicted octanol–water partition coefficient (Wildman–Crippen LogP) is 11.7. The van der Waals surface area contributed by atoms with Crippen LogP contribution in [0.15, 0.2) is 182 Å². The number of nitrogens with zero attached hydrogens (tertiary/aromatic N) is 2. The molecule has 10 rings (SSSR count). The smallest absolute Gasteiger partial charge is 0.138 e. The lowest BCUT2D eigenvalue weighted by Crippen LogP contribution is -2.29. The SMILES string of the molecule is c1ccc(-c2cccc(N3c4cc5c(cc4-c4cccc6cccc3c46)-c3ccccc3C5(c3ccccc3)c3ccccc3)n2)cc1. The lowest BCUT2D eigenvalue weighted by molar-refractivity contribution is 0.768. The summed E-state index contributed by atoms with van der Waals surface area (Å²) < 4.78 is 0. The van der Waals surface area contributed by atoms with E-state index in [1.165, 1.54) is 55.3 Å². The van der Waals surface area contributed by atoms with Crippen molar-refractivity contribution in [3.05, 3.63) is 204 Å². The molecule has 2 heterocycles. The Morgan fingerprint density at radius 2 is 1.04 bits per heavy atom. The molecule has 0 radical (unpaired) electrons. The third-order valence-electron chi connectivity index (χ3n) is 10.3. The molecular weight excluding hydrogens is 581 g/mol. The van der Waals surface area contributed by atoms with Crippen LogP contribution in [-0.4, -0.2) is 4.98 Å². The summed E-state index contributed by atoms with van der Waals surface area (Å²) in [7, 11) is 0. The standard InChI is InChI=1S/C46H30N2/c1-4-15-31(16-5-1)41-26-14-28-44(47-41)48-42-27-13-18-32-17-12-24-36(45(32)42)38-29-37-35-23-10-11-25-39(35)46(40(37)30-43(38)48,33-19-6-2-7-20-33)34-21-8-3-9-22-34/h1-30H. The van der Waals surface area contributed by atoms with Gasteiger partial charge in [0.25, 0.3) is 0 Å². The molecule has 1 aliphatic heterocycles. The van der Waals surface area contributed by atoms with Crippen LogP contribution in [0, 0.1) is 0 Å². The summed E-state index contributed by atoms with van der Waals surface area (Å²) in [5.74, 6) is 0.903. The first-order valence-corrected chi connectivity index (χ1v) is 16.6. The summed E-state index contributed by atoms with van der Waals surface area (Å²) in [5, 5.41) is 2.48. The van der Waals surface area contributed by atoms with E-state index in [4.69, 9.17) is 4.98 Å². The molecular formula is C46H30N2. The van der Waals surface area contributed by atoms with Crippen LogP contribution in [0.2, 0.25) is 0 Å². The number of rotatable bonds is 4. The average molecular weight is 611 g/mol. The Kier molecular flexibility index (Phi) is 5.82. The predicted molar refractivity (Wildman–Crippen MR) is 198 cm³/mol. The largest absolute Gasteiger partial charge is 0.294 e. The minimum absolute atomic E-state index is 0.489. The summed E-state index contributed by atoms with van der Waals surface area (Å²) in [6.45, 7) is 0. The lowest BCUT2D eigenvalue weighted by Gasteiger charge is -2.37. The van der Waals surface area contributed by atoms with Gasteiger partial charge >= 0.3 is 0 Å². The van der Waals surface area contributed by atoms with Crippen LogP contribution in [0.25, 0.3) is 44.3 Å². The molecule has 0 unspecified atom stereocenters. The minimum atomic E-state index is -0.489. The molecule has 2 nitrogen and oxygen atoms in total. The zero-order valence-corrected chi connectivity index (χ0v) is 26.2. The molecule has 0 atom stereocenters. The third kappa shape index (κ3) is 3.72. The highest BCUT2D eigenvalue weighted by atomic mass is 15.2. The van der Waals surface area contributed by atoms with Crippen molar-refractivity contribution in [3.8, 4) is 33.5 Å². The summed E-state index contributed by atoms with van der Waals surface area (Å²) in [4.78, 5) is 7.73. The Hall–Kier alpha value is -6.25. The maximum atomic E-state index is 5.34. The molecule has 0 N–H and O–H groups in total. The number of pyridine rings is 1. The van der Waals surface area contributed by atoms with E-state index in [0.29, 0.717) is 0 Å². The highest BCUT2D eigenvalue weighted by Crippen LogP contribution is 2.60. The fourth-order valence-corrected chi connectivity index (χ4v) is 8.30. The molecule has 224 valence electrons. The van der Waals surface area contributed by atoms with Crippen molar-refractivity contribution in [1.29, 1.82) is 0 Å². The van der Waals surface area contributed by atoms with Crippen LogP contribution in [-0.2, 0) is 5.41 Å². The molecule has 48 heavy (non-hydrogen) atoms. The van der Waals surface area contributed by atoms with Crippen molar-refractivity contribution in [2.24, 2.45) is 0 Å². The molecule has 1 aliphatic carbocycles. The number of fused-ring (bicyclic) bond motifs is 5. The molecule has 7 aromatic carbocycles. The zero-order valence-electron chi connectivity index (χ0n) is 26.2. The third-order valence-corrected chi connectivity index (χ3v) is 10.3. The van der Waals surface area contributed by atoms with Gasteiger partial charge in [0.05, 0.1) is 22.5 Å². The fraction of sp³-hybridized carbons (Fsp3) is 0.0217. The molecule has 0 saturated carbocycles. The van der Waals surface area contributed by atoms with Gasteiger partial charge in [0.15, 0.2) is 0 Å². The highest BCUT2D eigenvalue weighted by molar-refractivity contribution is 6.14. The van der Waals surface area contributed by atoms with Crippen LogP contribution in [0.5, 0.6) is 0 Å². The summed E-state index contributed by atoms with van der Waals surface area (Å²) in [6.07, 6.45) is 0. The number of hydrogen-bond acceptors (Lipinski definition) is 2. The van der Waals surface area contributed by atoms with Crippen molar-refractivity contribution in [2.45, 2.75) is 5.41 Å². The Labute approximate surface area is 280 Å². The van der Waals surface area contributed by atoms with E-state index in [-0.39, 0.29) is 0 Å². The maximum Gasteiger partial charge on any atom is 0.138 e. The lowest BCUT2D eigenvalue weighted by atomic mass is 9.67. The molecule has 0 fully saturated rings. The molecule has 0 amide bonds. The van der Waals surface area contributed by atoms with Crippen molar-refractivity contribution in [2.75, 3.05) is 4.90 Å². The van der Waals surface area contributed by atoms with Crippen molar-refractivity contribution in [1.82, 2.24) is 4.98 Å². The summed E-state index contributed by atoms with van der Waals surface area (Å²) >= 11 is 0. The quantitative estimate of drug-likeness (QED) is 0.197. The molecule has 0 spiro atoms. The second-order valence-corrected chi connectivity index (χ2v) is 12.7. The topological polar surface area (TPSA) is 16.1 Å². The molecule has 0 bridgehead atoms. The molecule has 8 aromatic rings. The molecule has 2 aliphatic rings. The van der Waals surface area contributed by atoms with E-state index >= 15 is 0 Å².